The fourth-order valence-electron chi connectivity index (χ4n) is 2.15. The normalized spacial score (nSPS) is 10.7. The molecule has 6 heteroatoms. The predicted molar refractivity (Wildman–Crippen MR) is 96.5 cm³/mol. The van der Waals surface area contributed by atoms with Crippen LogP contribution >= 0.6 is 0 Å². The summed E-state index contributed by atoms with van der Waals surface area (Å²) in [6, 6.07) is 17.2. The molecule has 134 valence electrons. The predicted octanol–water partition coefficient (Wildman–Crippen LogP) is 2.41. The second-order valence-electron chi connectivity index (χ2n) is 5.38. The lowest BCUT2D eigenvalue weighted by Gasteiger charge is -2.14. The molecule has 0 fully saturated rings. The highest BCUT2D eigenvalue weighted by Crippen LogP contribution is 2.17. The SMILES string of the molecule is COC(CNCC(=O)Nc1ccc(OCc2ccccc2)cc1)OC. The number of hydrogen-bond acceptors (Lipinski definition) is 5. The third-order valence-electron chi connectivity index (χ3n) is 3.51. The van der Waals surface area contributed by atoms with E-state index in [-0.39, 0.29) is 18.7 Å². The van der Waals surface area contributed by atoms with Crippen molar-refractivity contribution in [2.24, 2.45) is 0 Å². The number of nitrogens with one attached hydrogen (secondary N) is 2. The maximum atomic E-state index is 11.9. The minimum absolute atomic E-state index is 0.135. The molecule has 0 spiro atoms. The van der Waals surface area contributed by atoms with E-state index in [1.165, 1.54) is 0 Å². The molecule has 2 rings (SSSR count). The molecular formula is C19H24N2O4. The van der Waals surface area contributed by atoms with Crippen LogP contribution in [0.15, 0.2) is 54.6 Å². The Hall–Kier alpha value is -2.41. The molecule has 0 atom stereocenters. The average Bonchev–Trinajstić information content (AvgIpc) is 2.65. The monoisotopic (exact) mass is 344 g/mol. The molecule has 0 heterocycles. The molecule has 0 aliphatic rings. The van der Waals surface area contributed by atoms with Crippen LogP contribution in [0.5, 0.6) is 5.75 Å². The van der Waals surface area contributed by atoms with Crippen molar-refractivity contribution in [3.63, 3.8) is 0 Å². The van der Waals surface area contributed by atoms with Crippen molar-refractivity contribution in [1.82, 2.24) is 5.32 Å². The largest absolute Gasteiger partial charge is 0.489 e. The number of hydrogen-bond donors (Lipinski definition) is 2. The van der Waals surface area contributed by atoms with E-state index in [0.717, 1.165) is 11.3 Å². The zero-order valence-corrected chi connectivity index (χ0v) is 14.5. The summed E-state index contributed by atoms with van der Waals surface area (Å²) in [5.41, 5.74) is 1.82. The van der Waals surface area contributed by atoms with Gasteiger partial charge in [-0.15, -0.1) is 0 Å². The summed E-state index contributed by atoms with van der Waals surface area (Å²) in [7, 11) is 3.11. The number of benzene rings is 2. The Morgan fingerprint density at radius 2 is 1.68 bits per heavy atom. The lowest BCUT2D eigenvalue weighted by molar-refractivity contribution is -0.116. The van der Waals surface area contributed by atoms with Crippen LogP contribution in [0.2, 0.25) is 0 Å². The molecule has 0 saturated carbocycles. The van der Waals surface area contributed by atoms with Gasteiger partial charge in [0.25, 0.3) is 0 Å². The van der Waals surface area contributed by atoms with E-state index in [0.29, 0.717) is 18.8 Å². The first-order valence-corrected chi connectivity index (χ1v) is 8.04. The summed E-state index contributed by atoms with van der Waals surface area (Å²) < 4.78 is 15.8. The number of ether oxygens (including phenoxy) is 3. The van der Waals surface area contributed by atoms with E-state index in [1.54, 1.807) is 14.2 Å². The van der Waals surface area contributed by atoms with Gasteiger partial charge in [-0.25, -0.2) is 0 Å². The summed E-state index contributed by atoms with van der Waals surface area (Å²) >= 11 is 0. The van der Waals surface area contributed by atoms with Gasteiger partial charge in [0.1, 0.15) is 12.4 Å². The Balaban J connectivity index is 1.73. The fourth-order valence-corrected chi connectivity index (χ4v) is 2.15. The van der Waals surface area contributed by atoms with Crippen LogP contribution in [0.1, 0.15) is 5.56 Å². The van der Waals surface area contributed by atoms with Crippen LogP contribution in [-0.4, -0.2) is 39.5 Å². The highest BCUT2D eigenvalue weighted by atomic mass is 16.7. The number of anilines is 1. The average molecular weight is 344 g/mol. The van der Waals surface area contributed by atoms with Crippen LogP contribution in [0.4, 0.5) is 5.69 Å². The molecule has 0 radical (unpaired) electrons. The summed E-state index contributed by atoms with van der Waals surface area (Å²) in [5.74, 6) is 0.618. The number of carbonyl (C=O) groups is 1. The zero-order valence-electron chi connectivity index (χ0n) is 14.5. The van der Waals surface area contributed by atoms with Crippen LogP contribution in [0.25, 0.3) is 0 Å². The zero-order chi connectivity index (χ0) is 17.9. The quantitative estimate of drug-likeness (QED) is 0.648. The Bertz CT molecular complexity index is 628. The molecule has 2 N–H and O–H groups in total. The van der Waals surface area contributed by atoms with Crippen LogP contribution < -0.4 is 15.4 Å². The van der Waals surface area contributed by atoms with E-state index in [4.69, 9.17) is 14.2 Å². The Labute approximate surface area is 148 Å². The van der Waals surface area contributed by atoms with Crippen molar-refractivity contribution in [3.8, 4) is 5.75 Å². The molecule has 2 aromatic rings. The van der Waals surface area contributed by atoms with Crippen molar-refractivity contribution in [1.29, 1.82) is 0 Å². The maximum absolute atomic E-state index is 11.9. The molecule has 0 saturated heterocycles. The Morgan fingerprint density at radius 1 is 1.00 bits per heavy atom. The van der Waals surface area contributed by atoms with Crippen molar-refractivity contribution >= 4 is 11.6 Å². The molecule has 0 bridgehead atoms. The lowest BCUT2D eigenvalue weighted by Crippen LogP contribution is -2.35. The number of methoxy groups -OCH3 is 2. The van der Waals surface area contributed by atoms with Gasteiger partial charge in [-0.05, 0) is 29.8 Å². The molecule has 0 aliphatic heterocycles. The van der Waals surface area contributed by atoms with Gasteiger partial charge < -0.3 is 24.8 Å². The summed E-state index contributed by atoms with van der Waals surface area (Å²) in [6.07, 6.45) is -0.367. The Kier molecular flexibility index (Phi) is 7.91. The van der Waals surface area contributed by atoms with Crippen LogP contribution in [0, 0.1) is 0 Å². The molecule has 0 aromatic heterocycles. The first kappa shape index (κ1) is 18.9. The molecule has 6 nitrogen and oxygen atoms in total. The minimum Gasteiger partial charge on any atom is -0.489 e. The summed E-state index contributed by atoms with van der Waals surface area (Å²) in [4.78, 5) is 11.9. The van der Waals surface area contributed by atoms with Gasteiger partial charge in [0.05, 0.1) is 6.54 Å². The Morgan fingerprint density at radius 3 is 2.32 bits per heavy atom. The first-order valence-electron chi connectivity index (χ1n) is 8.04. The van der Waals surface area contributed by atoms with Gasteiger partial charge >= 0.3 is 0 Å². The first-order chi connectivity index (χ1) is 12.2. The summed E-state index contributed by atoms with van der Waals surface area (Å²) in [5, 5.41) is 5.78. The third kappa shape index (κ3) is 6.93. The molecule has 1 amide bonds. The maximum Gasteiger partial charge on any atom is 0.238 e. The standard InChI is InChI=1S/C19H24N2O4/c1-23-19(24-2)13-20-12-18(22)21-16-8-10-17(11-9-16)25-14-15-6-4-3-5-7-15/h3-11,19-20H,12-14H2,1-2H3,(H,21,22). The van der Waals surface area contributed by atoms with Gasteiger partial charge in [0.2, 0.25) is 5.91 Å². The fraction of sp³-hybridized carbons (Fsp3) is 0.316. The smallest absolute Gasteiger partial charge is 0.238 e. The van der Waals surface area contributed by atoms with Crippen molar-refractivity contribution in [2.75, 3.05) is 32.6 Å². The third-order valence-corrected chi connectivity index (χ3v) is 3.51. The van der Waals surface area contributed by atoms with Crippen molar-refractivity contribution in [3.05, 3.63) is 60.2 Å². The second-order valence-corrected chi connectivity index (χ2v) is 5.38. The number of amides is 1. The number of carbonyl (C=O) groups excluding carboxylic acids is 1. The van der Waals surface area contributed by atoms with Crippen LogP contribution in [-0.2, 0) is 20.9 Å². The topological polar surface area (TPSA) is 68.8 Å². The minimum atomic E-state index is -0.367. The molecule has 2 aromatic carbocycles. The van der Waals surface area contributed by atoms with Gasteiger partial charge in [0.15, 0.2) is 6.29 Å². The lowest BCUT2D eigenvalue weighted by atomic mass is 10.2. The second kappa shape index (κ2) is 10.5. The van der Waals surface area contributed by atoms with E-state index in [1.807, 2.05) is 54.6 Å². The molecule has 25 heavy (non-hydrogen) atoms. The van der Waals surface area contributed by atoms with Gasteiger partial charge in [-0.3, -0.25) is 4.79 Å². The van der Waals surface area contributed by atoms with E-state index < -0.39 is 0 Å². The van der Waals surface area contributed by atoms with E-state index in [2.05, 4.69) is 10.6 Å². The molecule has 0 unspecified atom stereocenters. The molecule has 0 aliphatic carbocycles. The molecular weight excluding hydrogens is 320 g/mol. The van der Waals surface area contributed by atoms with Gasteiger partial charge in [-0.2, -0.15) is 0 Å². The highest BCUT2D eigenvalue weighted by Gasteiger charge is 2.07. The van der Waals surface area contributed by atoms with E-state index in [9.17, 15) is 4.79 Å². The van der Waals surface area contributed by atoms with Crippen molar-refractivity contribution in [2.45, 2.75) is 12.9 Å². The van der Waals surface area contributed by atoms with Gasteiger partial charge in [-0.1, -0.05) is 30.3 Å². The van der Waals surface area contributed by atoms with Crippen molar-refractivity contribution < 1.29 is 19.0 Å². The van der Waals surface area contributed by atoms with E-state index >= 15 is 0 Å². The van der Waals surface area contributed by atoms with Crippen LogP contribution in [0.3, 0.4) is 0 Å². The number of rotatable bonds is 10. The van der Waals surface area contributed by atoms with Gasteiger partial charge in [0, 0.05) is 26.5 Å². The highest BCUT2D eigenvalue weighted by molar-refractivity contribution is 5.92. The summed E-state index contributed by atoms with van der Waals surface area (Å²) in [6.45, 7) is 1.12.